The number of rotatable bonds is 6. The van der Waals surface area contributed by atoms with Crippen molar-refractivity contribution in [1.29, 1.82) is 0 Å². The van der Waals surface area contributed by atoms with Crippen LogP contribution in [0.5, 0.6) is 17.2 Å². The summed E-state index contributed by atoms with van der Waals surface area (Å²) in [6.07, 6.45) is 0. The van der Waals surface area contributed by atoms with Crippen LogP contribution in [0.15, 0.2) is 42.5 Å². The van der Waals surface area contributed by atoms with Gasteiger partial charge in [-0.15, -0.1) is 0 Å². The highest BCUT2D eigenvalue weighted by Gasteiger charge is 2.16. The maximum absolute atomic E-state index is 12.8. The van der Waals surface area contributed by atoms with E-state index < -0.39 is 0 Å². The number of ether oxygens (including phenoxy) is 3. The maximum Gasteiger partial charge on any atom is 0.272 e. The van der Waals surface area contributed by atoms with Crippen molar-refractivity contribution < 1.29 is 19.0 Å². The smallest absolute Gasteiger partial charge is 0.272 e. The van der Waals surface area contributed by atoms with E-state index in [0.717, 1.165) is 16.7 Å². The average molecular weight is 354 g/mol. The first-order valence-corrected chi connectivity index (χ1v) is 8.33. The molecule has 6 heteroatoms. The fourth-order valence-electron chi connectivity index (χ4n) is 2.90. The van der Waals surface area contributed by atoms with Gasteiger partial charge in [-0.1, -0.05) is 0 Å². The standard InChI is InChI=1S/C20H22N2O4/c1-5-26-15-6-8-17-13(10-15)11-18(22(17)2)20(23)21-16-12-14(24-3)7-9-19(16)25-4/h6-12H,5H2,1-4H3,(H,21,23). The molecule has 0 fully saturated rings. The summed E-state index contributed by atoms with van der Waals surface area (Å²) in [4.78, 5) is 12.8. The Bertz CT molecular complexity index is 946. The fraction of sp³-hybridized carbons (Fsp3) is 0.250. The van der Waals surface area contributed by atoms with Gasteiger partial charge in [0.05, 0.1) is 26.5 Å². The number of benzene rings is 2. The molecule has 3 aromatic rings. The minimum atomic E-state index is -0.229. The first kappa shape index (κ1) is 17.7. The second kappa shape index (κ2) is 7.39. The van der Waals surface area contributed by atoms with Gasteiger partial charge in [0.1, 0.15) is 22.9 Å². The molecule has 0 radical (unpaired) electrons. The summed E-state index contributed by atoms with van der Waals surface area (Å²) < 4.78 is 17.9. The van der Waals surface area contributed by atoms with Gasteiger partial charge in [0.15, 0.2) is 0 Å². The third-order valence-corrected chi connectivity index (χ3v) is 4.21. The minimum Gasteiger partial charge on any atom is -0.497 e. The third kappa shape index (κ3) is 3.31. The van der Waals surface area contributed by atoms with Gasteiger partial charge in [0.25, 0.3) is 5.91 Å². The monoisotopic (exact) mass is 354 g/mol. The molecule has 3 rings (SSSR count). The second-order valence-electron chi connectivity index (χ2n) is 5.76. The highest BCUT2D eigenvalue weighted by atomic mass is 16.5. The van der Waals surface area contributed by atoms with Gasteiger partial charge in [-0.2, -0.15) is 0 Å². The third-order valence-electron chi connectivity index (χ3n) is 4.21. The van der Waals surface area contributed by atoms with E-state index in [9.17, 15) is 4.79 Å². The number of amides is 1. The van der Waals surface area contributed by atoms with Crippen molar-refractivity contribution in [1.82, 2.24) is 4.57 Å². The maximum atomic E-state index is 12.8. The van der Waals surface area contributed by atoms with E-state index in [2.05, 4.69) is 5.32 Å². The van der Waals surface area contributed by atoms with E-state index in [1.54, 1.807) is 32.4 Å². The number of carbonyl (C=O) groups excluding carboxylic acids is 1. The molecule has 6 nitrogen and oxygen atoms in total. The van der Waals surface area contributed by atoms with E-state index in [0.29, 0.717) is 29.5 Å². The molecule has 0 atom stereocenters. The number of methoxy groups -OCH3 is 2. The molecule has 0 aliphatic rings. The van der Waals surface area contributed by atoms with Crippen LogP contribution in [0.25, 0.3) is 10.9 Å². The zero-order valence-corrected chi connectivity index (χ0v) is 15.3. The van der Waals surface area contributed by atoms with Crippen molar-refractivity contribution in [3.05, 3.63) is 48.2 Å². The Kier molecular flexibility index (Phi) is 5.02. The van der Waals surface area contributed by atoms with Crippen LogP contribution < -0.4 is 19.5 Å². The van der Waals surface area contributed by atoms with Crippen LogP contribution in [0.3, 0.4) is 0 Å². The molecule has 2 aromatic carbocycles. The van der Waals surface area contributed by atoms with Crippen molar-refractivity contribution in [3.63, 3.8) is 0 Å². The number of aryl methyl sites for hydroxylation is 1. The molecule has 26 heavy (non-hydrogen) atoms. The van der Waals surface area contributed by atoms with Gasteiger partial charge < -0.3 is 24.1 Å². The molecule has 0 spiro atoms. The minimum absolute atomic E-state index is 0.229. The highest BCUT2D eigenvalue weighted by Crippen LogP contribution is 2.30. The lowest BCUT2D eigenvalue weighted by Gasteiger charge is -2.12. The van der Waals surface area contributed by atoms with Gasteiger partial charge in [-0.05, 0) is 43.3 Å². The normalized spacial score (nSPS) is 10.6. The second-order valence-corrected chi connectivity index (χ2v) is 5.76. The van der Waals surface area contributed by atoms with Crippen LogP contribution in [0.2, 0.25) is 0 Å². The number of hydrogen-bond acceptors (Lipinski definition) is 4. The summed E-state index contributed by atoms with van der Waals surface area (Å²) >= 11 is 0. The zero-order chi connectivity index (χ0) is 18.7. The molecule has 136 valence electrons. The molecule has 1 N–H and O–H groups in total. The fourth-order valence-corrected chi connectivity index (χ4v) is 2.90. The van der Waals surface area contributed by atoms with Crippen molar-refractivity contribution in [2.45, 2.75) is 6.92 Å². The summed E-state index contributed by atoms with van der Waals surface area (Å²) in [6.45, 7) is 2.54. The predicted molar refractivity (Wildman–Crippen MR) is 102 cm³/mol. The van der Waals surface area contributed by atoms with Crippen molar-refractivity contribution in [2.75, 3.05) is 26.1 Å². The van der Waals surface area contributed by atoms with Crippen LogP contribution >= 0.6 is 0 Å². The first-order chi connectivity index (χ1) is 12.6. The lowest BCUT2D eigenvalue weighted by atomic mass is 10.2. The van der Waals surface area contributed by atoms with Gasteiger partial charge in [0, 0.05) is 24.0 Å². The summed E-state index contributed by atoms with van der Waals surface area (Å²) in [7, 11) is 5.00. The lowest BCUT2D eigenvalue weighted by molar-refractivity contribution is 0.101. The van der Waals surface area contributed by atoms with E-state index in [4.69, 9.17) is 14.2 Å². The van der Waals surface area contributed by atoms with Crippen LogP contribution in [-0.4, -0.2) is 31.3 Å². The molecule has 0 unspecified atom stereocenters. The van der Waals surface area contributed by atoms with E-state index >= 15 is 0 Å². The van der Waals surface area contributed by atoms with Gasteiger partial charge in [-0.25, -0.2) is 0 Å². The first-order valence-electron chi connectivity index (χ1n) is 8.33. The Morgan fingerprint density at radius 1 is 1.04 bits per heavy atom. The Balaban J connectivity index is 1.94. The summed E-state index contributed by atoms with van der Waals surface area (Å²) in [5, 5.41) is 3.84. The highest BCUT2D eigenvalue weighted by molar-refractivity contribution is 6.07. The number of hydrogen-bond donors (Lipinski definition) is 1. The molecule has 0 saturated carbocycles. The largest absolute Gasteiger partial charge is 0.497 e. The van der Waals surface area contributed by atoms with Crippen LogP contribution in [-0.2, 0) is 7.05 Å². The molecular weight excluding hydrogens is 332 g/mol. The molecule has 1 aromatic heterocycles. The quantitative estimate of drug-likeness (QED) is 0.730. The molecule has 0 bridgehead atoms. The van der Waals surface area contributed by atoms with Crippen LogP contribution in [0.4, 0.5) is 5.69 Å². The zero-order valence-electron chi connectivity index (χ0n) is 15.3. The van der Waals surface area contributed by atoms with Gasteiger partial charge in [-0.3, -0.25) is 4.79 Å². The number of nitrogens with zero attached hydrogens (tertiary/aromatic N) is 1. The molecule has 0 saturated heterocycles. The number of fused-ring (bicyclic) bond motifs is 1. The van der Waals surface area contributed by atoms with Crippen LogP contribution in [0, 0.1) is 0 Å². The van der Waals surface area contributed by atoms with E-state index in [1.165, 1.54) is 0 Å². The Hall–Kier alpha value is -3.15. The van der Waals surface area contributed by atoms with Crippen LogP contribution in [0.1, 0.15) is 17.4 Å². The van der Waals surface area contributed by atoms with E-state index in [-0.39, 0.29) is 5.91 Å². The van der Waals surface area contributed by atoms with Crippen molar-refractivity contribution >= 4 is 22.5 Å². The summed E-state index contributed by atoms with van der Waals surface area (Å²) in [5.74, 6) is 1.76. The Morgan fingerprint density at radius 2 is 1.81 bits per heavy atom. The SMILES string of the molecule is CCOc1ccc2c(c1)cc(C(=O)Nc1cc(OC)ccc1OC)n2C. The molecular formula is C20H22N2O4. The van der Waals surface area contributed by atoms with Gasteiger partial charge in [0.2, 0.25) is 0 Å². The van der Waals surface area contributed by atoms with Crippen molar-refractivity contribution in [3.8, 4) is 17.2 Å². The Labute approximate surface area is 152 Å². The van der Waals surface area contributed by atoms with Gasteiger partial charge >= 0.3 is 0 Å². The number of anilines is 1. The van der Waals surface area contributed by atoms with E-state index in [1.807, 2.05) is 42.8 Å². The number of nitrogens with one attached hydrogen (secondary N) is 1. The number of aromatic nitrogens is 1. The number of carbonyl (C=O) groups is 1. The lowest BCUT2D eigenvalue weighted by Crippen LogP contribution is -2.16. The summed E-state index contributed by atoms with van der Waals surface area (Å²) in [5.41, 5.74) is 2.05. The Morgan fingerprint density at radius 3 is 2.50 bits per heavy atom. The molecule has 0 aliphatic carbocycles. The summed E-state index contributed by atoms with van der Waals surface area (Å²) in [6, 6.07) is 12.9. The molecule has 0 aliphatic heterocycles. The predicted octanol–water partition coefficient (Wildman–Crippen LogP) is 3.85. The average Bonchev–Trinajstić information content (AvgIpc) is 2.98. The molecule has 1 amide bonds. The topological polar surface area (TPSA) is 61.7 Å². The molecule has 1 heterocycles. The van der Waals surface area contributed by atoms with Crippen molar-refractivity contribution in [2.24, 2.45) is 7.05 Å².